The Morgan fingerprint density at radius 3 is 2.95 bits per heavy atom. The van der Waals surface area contributed by atoms with Crippen molar-refractivity contribution in [2.75, 3.05) is 26.7 Å². The smallest absolute Gasteiger partial charge is 0.310 e. The van der Waals surface area contributed by atoms with Crippen LogP contribution in [-0.4, -0.2) is 48.5 Å². The number of aromatic nitrogens is 1. The van der Waals surface area contributed by atoms with Gasteiger partial charge in [0.15, 0.2) is 0 Å². The van der Waals surface area contributed by atoms with Crippen LogP contribution in [0.15, 0.2) is 18.3 Å². The van der Waals surface area contributed by atoms with Crippen molar-refractivity contribution in [1.82, 2.24) is 9.88 Å². The first kappa shape index (κ1) is 15.0. The van der Waals surface area contributed by atoms with Crippen LogP contribution in [-0.2, 0) is 9.53 Å². The Morgan fingerprint density at radius 1 is 1.52 bits per heavy atom. The SMILES string of the molecule is COC(=O)C1CCN(C(=O)c2ccc(C#CCN)cn2)C1. The zero-order valence-corrected chi connectivity index (χ0v) is 11.8. The summed E-state index contributed by atoms with van der Waals surface area (Å²) >= 11 is 0. The predicted molar refractivity (Wildman–Crippen MR) is 76.2 cm³/mol. The number of esters is 1. The van der Waals surface area contributed by atoms with E-state index in [1.165, 1.54) is 7.11 Å². The van der Waals surface area contributed by atoms with Crippen LogP contribution in [0.4, 0.5) is 0 Å². The topological polar surface area (TPSA) is 85.5 Å². The average Bonchev–Trinajstić information content (AvgIpc) is 3.02. The van der Waals surface area contributed by atoms with E-state index < -0.39 is 0 Å². The number of likely N-dealkylation sites (tertiary alicyclic amines) is 1. The molecule has 2 N–H and O–H groups in total. The molecule has 21 heavy (non-hydrogen) atoms. The van der Waals surface area contributed by atoms with Crippen molar-refractivity contribution in [3.05, 3.63) is 29.6 Å². The molecule has 0 aliphatic carbocycles. The first-order valence-corrected chi connectivity index (χ1v) is 6.67. The molecule has 1 aliphatic rings. The monoisotopic (exact) mass is 287 g/mol. The number of methoxy groups -OCH3 is 1. The van der Waals surface area contributed by atoms with Gasteiger partial charge in [0.2, 0.25) is 0 Å². The van der Waals surface area contributed by atoms with E-state index in [9.17, 15) is 9.59 Å². The molecular formula is C15H17N3O3. The lowest BCUT2D eigenvalue weighted by Crippen LogP contribution is -2.30. The Labute approximate surface area is 123 Å². The molecular weight excluding hydrogens is 270 g/mol. The third-order valence-corrected chi connectivity index (χ3v) is 3.33. The zero-order chi connectivity index (χ0) is 15.2. The minimum Gasteiger partial charge on any atom is -0.469 e. The normalized spacial score (nSPS) is 17.0. The van der Waals surface area contributed by atoms with Gasteiger partial charge >= 0.3 is 5.97 Å². The lowest BCUT2D eigenvalue weighted by Gasteiger charge is -2.15. The predicted octanol–water partition coefficient (Wildman–Crippen LogP) is 0.0269. The number of nitrogens with two attached hydrogens (primary N) is 1. The maximum Gasteiger partial charge on any atom is 0.310 e. The van der Waals surface area contributed by atoms with Gasteiger partial charge in [-0.05, 0) is 18.6 Å². The van der Waals surface area contributed by atoms with Crippen LogP contribution in [0.5, 0.6) is 0 Å². The summed E-state index contributed by atoms with van der Waals surface area (Å²) in [5.74, 6) is 4.87. The summed E-state index contributed by atoms with van der Waals surface area (Å²) in [7, 11) is 1.36. The van der Waals surface area contributed by atoms with Crippen LogP contribution < -0.4 is 5.73 Å². The van der Waals surface area contributed by atoms with Gasteiger partial charge in [0.05, 0.1) is 19.6 Å². The van der Waals surface area contributed by atoms with E-state index in [4.69, 9.17) is 10.5 Å². The van der Waals surface area contributed by atoms with E-state index in [-0.39, 0.29) is 24.3 Å². The van der Waals surface area contributed by atoms with Gasteiger partial charge in [-0.3, -0.25) is 9.59 Å². The number of carbonyl (C=O) groups excluding carboxylic acids is 2. The summed E-state index contributed by atoms with van der Waals surface area (Å²) in [5.41, 5.74) is 6.35. The molecule has 1 aromatic heterocycles. The molecule has 1 aromatic rings. The maximum atomic E-state index is 12.3. The maximum absolute atomic E-state index is 12.3. The number of rotatable bonds is 2. The molecule has 2 heterocycles. The number of nitrogens with zero attached hydrogens (tertiary/aromatic N) is 2. The lowest BCUT2D eigenvalue weighted by atomic mass is 10.1. The highest BCUT2D eigenvalue weighted by Gasteiger charge is 2.32. The number of hydrogen-bond donors (Lipinski definition) is 1. The summed E-state index contributed by atoms with van der Waals surface area (Å²) in [6.45, 7) is 1.19. The van der Waals surface area contributed by atoms with Crippen LogP contribution in [0.3, 0.4) is 0 Å². The molecule has 1 unspecified atom stereocenters. The second-order valence-corrected chi connectivity index (χ2v) is 4.70. The summed E-state index contributed by atoms with van der Waals surface area (Å²) in [6, 6.07) is 3.37. The molecule has 1 fully saturated rings. The van der Waals surface area contributed by atoms with Crippen molar-refractivity contribution in [3.63, 3.8) is 0 Å². The van der Waals surface area contributed by atoms with Crippen LogP contribution in [0.25, 0.3) is 0 Å². The van der Waals surface area contributed by atoms with E-state index in [1.807, 2.05) is 0 Å². The van der Waals surface area contributed by atoms with Gasteiger partial charge in [0, 0.05) is 24.8 Å². The molecule has 0 aromatic carbocycles. The third-order valence-electron chi connectivity index (χ3n) is 3.33. The van der Waals surface area contributed by atoms with Crippen molar-refractivity contribution in [1.29, 1.82) is 0 Å². The molecule has 6 heteroatoms. The summed E-state index contributed by atoms with van der Waals surface area (Å²) in [5, 5.41) is 0. The second-order valence-electron chi connectivity index (χ2n) is 4.70. The second kappa shape index (κ2) is 6.86. The van der Waals surface area contributed by atoms with Gasteiger partial charge < -0.3 is 15.4 Å². The highest BCUT2D eigenvalue weighted by molar-refractivity contribution is 5.93. The van der Waals surface area contributed by atoms with Gasteiger partial charge in [0.1, 0.15) is 5.69 Å². The quantitative estimate of drug-likeness (QED) is 0.612. The van der Waals surface area contributed by atoms with E-state index >= 15 is 0 Å². The van der Waals surface area contributed by atoms with Gasteiger partial charge in [0.25, 0.3) is 5.91 Å². The fourth-order valence-electron chi connectivity index (χ4n) is 2.21. The first-order valence-electron chi connectivity index (χ1n) is 6.67. The van der Waals surface area contributed by atoms with Crippen LogP contribution >= 0.6 is 0 Å². The Morgan fingerprint density at radius 2 is 2.33 bits per heavy atom. The number of amides is 1. The van der Waals surface area contributed by atoms with Crippen molar-refractivity contribution >= 4 is 11.9 Å². The molecule has 0 bridgehead atoms. The number of pyridine rings is 1. The summed E-state index contributed by atoms with van der Waals surface area (Å²) < 4.78 is 4.70. The van der Waals surface area contributed by atoms with Gasteiger partial charge in [-0.1, -0.05) is 11.8 Å². The van der Waals surface area contributed by atoms with Crippen LogP contribution in [0.1, 0.15) is 22.5 Å². The molecule has 6 nitrogen and oxygen atoms in total. The number of hydrogen-bond acceptors (Lipinski definition) is 5. The van der Waals surface area contributed by atoms with Crippen LogP contribution in [0.2, 0.25) is 0 Å². The Kier molecular flexibility index (Phi) is 4.90. The van der Waals surface area contributed by atoms with Crippen molar-refractivity contribution < 1.29 is 14.3 Å². The first-order chi connectivity index (χ1) is 10.2. The molecule has 1 saturated heterocycles. The molecule has 2 rings (SSSR count). The Bertz CT molecular complexity index is 586. The van der Waals surface area contributed by atoms with E-state index in [0.717, 1.165) is 0 Å². The van der Waals surface area contributed by atoms with E-state index in [0.29, 0.717) is 30.8 Å². The Balaban J connectivity index is 2.02. The van der Waals surface area contributed by atoms with E-state index in [2.05, 4.69) is 16.8 Å². The summed E-state index contributed by atoms with van der Waals surface area (Å²) in [4.78, 5) is 29.5. The highest BCUT2D eigenvalue weighted by Crippen LogP contribution is 2.19. The fraction of sp³-hybridized carbons (Fsp3) is 0.400. The average molecular weight is 287 g/mol. The molecule has 0 spiro atoms. The standard InChI is InChI=1S/C15H17N3O3/c1-21-15(20)12-6-8-18(10-12)14(19)13-5-4-11(9-17-13)3-2-7-16/h4-5,9,12H,6-8,10,16H2,1H3. The highest BCUT2D eigenvalue weighted by atomic mass is 16.5. The van der Waals surface area contributed by atoms with Crippen molar-refractivity contribution in [3.8, 4) is 11.8 Å². The van der Waals surface area contributed by atoms with Crippen molar-refractivity contribution in [2.45, 2.75) is 6.42 Å². The molecule has 0 saturated carbocycles. The van der Waals surface area contributed by atoms with Crippen molar-refractivity contribution in [2.24, 2.45) is 11.7 Å². The third kappa shape index (κ3) is 3.58. The fourth-order valence-corrected chi connectivity index (χ4v) is 2.21. The Hall–Kier alpha value is -2.39. The van der Waals surface area contributed by atoms with Gasteiger partial charge in [-0.2, -0.15) is 0 Å². The van der Waals surface area contributed by atoms with Gasteiger partial charge in [-0.15, -0.1) is 0 Å². The minimum absolute atomic E-state index is 0.181. The van der Waals surface area contributed by atoms with Gasteiger partial charge in [-0.25, -0.2) is 4.98 Å². The summed E-state index contributed by atoms with van der Waals surface area (Å²) in [6.07, 6.45) is 2.17. The van der Waals surface area contributed by atoms with E-state index in [1.54, 1.807) is 23.2 Å². The van der Waals surface area contributed by atoms with Crippen LogP contribution in [0, 0.1) is 17.8 Å². The minimum atomic E-state index is -0.273. The lowest BCUT2D eigenvalue weighted by molar-refractivity contribution is -0.144. The molecule has 110 valence electrons. The molecule has 1 amide bonds. The zero-order valence-electron chi connectivity index (χ0n) is 11.8. The number of ether oxygens (including phenoxy) is 1. The largest absolute Gasteiger partial charge is 0.469 e. The molecule has 0 radical (unpaired) electrons. The molecule has 1 aliphatic heterocycles. The molecule has 1 atom stereocenters. The number of carbonyl (C=O) groups is 2.